The Balaban J connectivity index is 1.51. The number of nitrogen functional groups attached to an aromatic ring is 1. The van der Waals surface area contributed by atoms with Crippen molar-refractivity contribution < 1.29 is 4.79 Å². The van der Waals surface area contributed by atoms with Gasteiger partial charge in [0.25, 0.3) is 5.91 Å². The lowest BCUT2D eigenvalue weighted by Gasteiger charge is -2.22. The lowest BCUT2D eigenvalue weighted by Crippen LogP contribution is -2.38. The van der Waals surface area contributed by atoms with E-state index in [1.807, 2.05) is 18.2 Å². The topological polar surface area (TPSA) is 83.8 Å². The molecule has 1 atom stereocenters. The maximum atomic E-state index is 12.5. The number of H-pyrrole nitrogens is 1. The highest BCUT2D eigenvalue weighted by Gasteiger charge is 2.24. The summed E-state index contributed by atoms with van der Waals surface area (Å²) >= 11 is 7.50. The highest BCUT2D eigenvalue weighted by atomic mass is 35.5. The van der Waals surface area contributed by atoms with E-state index < -0.39 is 0 Å². The monoisotopic (exact) mass is 346 g/mol. The molecule has 0 spiro atoms. The molecule has 0 bridgehead atoms. The molecule has 118 valence electrons. The highest BCUT2D eigenvalue weighted by Crippen LogP contribution is 2.28. The van der Waals surface area contributed by atoms with Gasteiger partial charge in [0.2, 0.25) is 0 Å². The number of carbonyl (C=O) groups is 1. The molecule has 1 aliphatic carbocycles. The number of benzene rings is 1. The maximum Gasteiger partial charge on any atom is 0.267 e. The number of aromatic amines is 1. The van der Waals surface area contributed by atoms with E-state index in [0.717, 1.165) is 35.9 Å². The molecule has 1 amide bonds. The van der Waals surface area contributed by atoms with Crippen LogP contribution in [0.4, 0.5) is 5.13 Å². The molecule has 1 aromatic carbocycles. The molecule has 23 heavy (non-hydrogen) atoms. The van der Waals surface area contributed by atoms with Crippen molar-refractivity contribution in [3.05, 3.63) is 45.6 Å². The molecule has 4 rings (SSSR count). The lowest BCUT2D eigenvalue weighted by atomic mass is 9.97. The minimum atomic E-state index is -0.0942. The largest absolute Gasteiger partial charge is 0.375 e. The molecule has 0 fully saturated rings. The fourth-order valence-corrected chi connectivity index (χ4v) is 4.15. The fraction of sp³-hybridized carbons (Fsp3) is 0.250. The molecule has 0 unspecified atom stereocenters. The summed E-state index contributed by atoms with van der Waals surface area (Å²) in [7, 11) is 0. The number of fused-ring (bicyclic) bond motifs is 2. The molecule has 0 saturated heterocycles. The van der Waals surface area contributed by atoms with Gasteiger partial charge in [0, 0.05) is 33.3 Å². The van der Waals surface area contributed by atoms with E-state index in [0.29, 0.717) is 15.8 Å². The number of aromatic nitrogens is 2. The highest BCUT2D eigenvalue weighted by molar-refractivity contribution is 7.15. The van der Waals surface area contributed by atoms with E-state index in [1.165, 1.54) is 16.2 Å². The van der Waals surface area contributed by atoms with Gasteiger partial charge in [-0.05, 0) is 37.1 Å². The zero-order valence-corrected chi connectivity index (χ0v) is 13.8. The van der Waals surface area contributed by atoms with Crippen LogP contribution in [0.15, 0.2) is 24.3 Å². The number of hydrogen-bond donors (Lipinski definition) is 3. The van der Waals surface area contributed by atoms with Crippen LogP contribution < -0.4 is 11.1 Å². The molecular weight excluding hydrogens is 332 g/mol. The van der Waals surface area contributed by atoms with E-state index in [9.17, 15) is 4.79 Å². The molecule has 5 nitrogen and oxygen atoms in total. The van der Waals surface area contributed by atoms with Crippen molar-refractivity contribution in [1.82, 2.24) is 15.3 Å². The Morgan fingerprint density at radius 2 is 2.30 bits per heavy atom. The number of nitrogens with zero attached hydrogens (tertiary/aromatic N) is 1. The van der Waals surface area contributed by atoms with Crippen LogP contribution >= 0.6 is 22.9 Å². The van der Waals surface area contributed by atoms with Gasteiger partial charge in [0.15, 0.2) is 5.13 Å². The van der Waals surface area contributed by atoms with Gasteiger partial charge in [-0.3, -0.25) is 4.79 Å². The van der Waals surface area contributed by atoms with E-state index in [2.05, 4.69) is 15.3 Å². The Kier molecular flexibility index (Phi) is 3.50. The molecule has 4 N–H and O–H groups in total. The number of rotatable bonds is 2. The van der Waals surface area contributed by atoms with Gasteiger partial charge in [0.1, 0.15) is 5.69 Å². The van der Waals surface area contributed by atoms with Gasteiger partial charge in [0.05, 0.1) is 5.69 Å². The minimum absolute atomic E-state index is 0.0942. The molecule has 2 aromatic heterocycles. The Hall–Kier alpha value is -2.05. The van der Waals surface area contributed by atoms with Crippen LogP contribution in [-0.4, -0.2) is 21.9 Å². The minimum Gasteiger partial charge on any atom is -0.375 e. The second-order valence-corrected chi connectivity index (χ2v) is 7.30. The van der Waals surface area contributed by atoms with E-state index in [1.54, 1.807) is 6.07 Å². The van der Waals surface area contributed by atoms with Crippen LogP contribution in [0.25, 0.3) is 10.9 Å². The van der Waals surface area contributed by atoms with Crippen LogP contribution in [0.2, 0.25) is 5.02 Å². The summed E-state index contributed by atoms with van der Waals surface area (Å²) < 4.78 is 0. The van der Waals surface area contributed by atoms with Crippen molar-refractivity contribution in [2.45, 2.75) is 25.3 Å². The van der Waals surface area contributed by atoms with E-state index in [4.69, 9.17) is 17.3 Å². The van der Waals surface area contributed by atoms with Gasteiger partial charge in [-0.1, -0.05) is 11.6 Å². The lowest BCUT2D eigenvalue weighted by molar-refractivity contribution is 0.0929. The summed E-state index contributed by atoms with van der Waals surface area (Å²) in [6.07, 6.45) is 2.53. The van der Waals surface area contributed by atoms with Gasteiger partial charge in [-0.2, -0.15) is 0 Å². The summed E-state index contributed by atoms with van der Waals surface area (Å²) in [5, 5.41) is 5.29. The molecule has 1 aliphatic rings. The average molecular weight is 347 g/mol. The number of nitrogens with two attached hydrogens (primary N) is 1. The van der Waals surface area contributed by atoms with Gasteiger partial charge < -0.3 is 16.0 Å². The standard InChI is InChI=1S/C16H15ClN4OS/c17-9-1-3-11-8(5-9)6-13(20-11)15(22)19-10-2-4-12-14(7-10)23-16(18)21-12/h1,3,5-6,10,20H,2,4,7H2,(H2,18,21)(H,19,22)/t10-/m0/s1. The molecule has 0 saturated carbocycles. The number of aryl methyl sites for hydroxylation is 1. The third-order valence-corrected chi connectivity index (χ3v) is 5.30. The number of carbonyl (C=O) groups excluding carboxylic acids is 1. The number of anilines is 1. The van der Waals surface area contributed by atoms with Gasteiger partial charge >= 0.3 is 0 Å². The first kappa shape index (κ1) is 14.5. The van der Waals surface area contributed by atoms with E-state index in [-0.39, 0.29) is 11.9 Å². The van der Waals surface area contributed by atoms with Crippen molar-refractivity contribution in [2.24, 2.45) is 0 Å². The summed E-state index contributed by atoms with van der Waals surface area (Å²) in [6.45, 7) is 0. The second-order valence-electron chi connectivity index (χ2n) is 5.75. The fourth-order valence-electron chi connectivity index (χ4n) is 3.01. The number of thiazole rings is 1. The van der Waals surface area contributed by atoms with Crippen molar-refractivity contribution in [2.75, 3.05) is 5.73 Å². The first-order valence-corrected chi connectivity index (χ1v) is 8.61. The summed E-state index contributed by atoms with van der Waals surface area (Å²) in [5.74, 6) is -0.0942. The van der Waals surface area contributed by atoms with Crippen LogP contribution in [0.3, 0.4) is 0 Å². The molecule has 0 aliphatic heterocycles. The first-order valence-electron chi connectivity index (χ1n) is 7.41. The Labute approximate surface area is 141 Å². The normalized spacial score (nSPS) is 17.2. The summed E-state index contributed by atoms with van der Waals surface area (Å²) in [5.41, 5.74) is 8.29. The molecule has 3 aromatic rings. The van der Waals surface area contributed by atoms with Crippen LogP contribution in [0, 0.1) is 0 Å². The van der Waals surface area contributed by atoms with Crippen LogP contribution in [0.5, 0.6) is 0 Å². The van der Waals surface area contributed by atoms with Crippen molar-refractivity contribution in [3.8, 4) is 0 Å². The predicted octanol–water partition coefficient (Wildman–Crippen LogP) is 3.15. The number of nitrogens with one attached hydrogen (secondary N) is 2. The van der Waals surface area contributed by atoms with Gasteiger partial charge in [-0.25, -0.2) is 4.98 Å². The molecule has 0 radical (unpaired) electrons. The zero-order chi connectivity index (χ0) is 16.0. The molecule has 2 heterocycles. The van der Waals surface area contributed by atoms with E-state index >= 15 is 0 Å². The summed E-state index contributed by atoms with van der Waals surface area (Å²) in [6, 6.07) is 7.47. The van der Waals surface area contributed by atoms with Crippen molar-refractivity contribution >= 4 is 44.9 Å². The summed E-state index contributed by atoms with van der Waals surface area (Å²) in [4.78, 5) is 21.1. The van der Waals surface area contributed by atoms with Crippen molar-refractivity contribution in [1.29, 1.82) is 0 Å². The second kappa shape index (κ2) is 5.54. The smallest absolute Gasteiger partial charge is 0.267 e. The maximum absolute atomic E-state index is 12.5. The predicted molar refractivity (Wildman–Crippen MR) is 93.1 cm³/mol. The van der Waals surface area contributed by atoms with Crippen LogP contribution in [-0.2, 0) is 12.8 Å². The first-order chi connectivity index (χ1) is 11.1. The Morgan fingerprint density at radius 3 is 3.17 bits per heavy atom. The Morgan fingerprint density at radius 1 is 1.43 bits per heavy atom. The SMILES string of the molecule is Nc1nc2c(s1)C[C@@H](NC(=O)c1cc3cc(Cl)ccc3[nH]1)CC2. The number of amides is 1. The van der Waals surface area contributed by atoms with Gasteiger partial charge in [-0.15, -0.1) is 11.3 Å². The third kappa shape index (κ3) is 2.80. The van der Waals surface area contributed by atoms with Crippen LogP contribution in [0.1, 0.15) is 27.5 Å². The molecular formula is C16H15ClN4OS. The molecule has 7 heteroatoms. The third-order valence-electron chi connectivity index (χ3n) is 4.12. The zero-order valence-electron chi connectivity index (χ0n) is 12.2. The number of hydrogen-bond acceptors (Lipinski definition) is 4. The van der Waals surface area contributed by atoms with Crippen molar-refractivity contribution in [3.63, 3.8) is 0 Å². The quantitative estimate of drug-likeness (QED) is 0.666. The average Bonchev–Trinajstić information content (AvgIpc) is 3.08. The Bertz CT molecular complexity index is 901. The number of halogens is 1.